The first-order valence-electron chi connectivity index (χ1n) is 9.04. The van der Waals surface area contributed by atoms with Crippen molar-refractivity contribution in [1.82, 2.24) is 25.0 Å². The van der Waals surface area contributed by atoms with Crippen LogP contribution < -0.4 is 5.32 Å². The second-order valence-corrected chi connectivity index (χ2v) is 8.74. The lowest BCUT2D eigenvalue weighted by atomic mass is 10.1. The average Bonchev–Trinajstić information content (AvgIpc) is 3.08. The third kappa shape index (κ3) is 6.87. The van der Waals surface area contributed by atoms with Crippen LogP contribution in [0.2, 0.25) is 0 Å². The summed E-state index contributed by atoms with van der Waals surface area (Å²) in [5.74, 6) is 0.710. The highest BCUT2D eigenvalue weighted by Crippen LogP contribution is 2.18. The van der Waals surface area contributed by atoms with Gasteiger partial charge in [-0.3, -0.25) is 4.79 Å². The van der Waals surface area contributed by atoms with Gasteiger partial charge in [-0.2, -0.15) is 16.4 Å². The predicted molar refractivity (Wildman–Crippen MR) is 115 cm³/mol. The quantitative estimate of drug-likeness (QED) is 0.627. The molecule has 1 unspecified atom stereocenters. The second kappa shape index (κ2) is 11.1. The first kappa shape index (κ1) is 22.3. The zero-order valence-electron chi connectivity index (χ0n) is 16.7. The Bertz CT molecular complexity index is 780. The number of hydrogen-bond acceptors (Lipinski definition) is 6. The summed E-state index contributed by atoms with van der Waals surface area (Å²) < 4.78 is 1.28. The molecule has 28 heavy (non-hydrogen) atoms. The number of aromatic nitrogens is 3. The van der Waals surface area contributed by atoms with Crippen molar-refractivity contribution >= 4 is 35.5 Å². The molecular formula is C19H27N5O2S2. The maximum atomic E-state index is 12.4. The fourth-order valence-corrected chi connectivity index (χ4v) is 3.43. The molecule has 1 N–H and O–H groups in total. The van der Waals surface area contributed by atoms with Crippen LogP contribution in [0.5, 0.6) is 0 Å². The molecule has 1 atom stereocenters. The summed E-state index contributed by atoms with van der Waals surface area (Å²) >= 11 is 2.95. The third-order valence-corrected chi connectivity index (χ3v) is 5.87. The molecule has 0 saturated carbocycles. The van der Waals surface area contributed by atoms with Crippen molar-refractivity contribution in [2.45, 2.75) is 30.2 Å². The minimum absolute atomic E-state index is 0.0909. The average molecular weight is 422 g/mol. The normalized spacial score (nSPS) is 11.9. The number of thioether (sulfide) groups is 2. The van der Waals surface area contributed by atoms with E-state index in [1.807, 2.05) is 36.6 Å². The zero-order valence-corrected chi connectivity index (χ0v) is 18.3. The Kier molecular flexibility index (Phi) is 8.85. The van der Waals surface area contributed by atoms with E-state index in [-0.39, 0.29) is 17.7 Å². The first-order chi connectivity index (χ1) is 13.4. The highest BCUT2D eigenvalue weighted by atomic mass is 32.2. The van der Waals surface area contributed by atoms with Crippen LogP contribution in [0.1, 0.15) is 18.3 Å². The van der Waals surface area contributed by atoms with E-state index >= 15 is 0 Å². The van der Waals surface area contributed by atoms with Gasteiger partial charge in [0, 0.05) is 32.3 Å². The highest BCUT2D eigenvalue weighted by Gasteiger charge is 2.20. The van der Waals surface area contributed by atoms with Crippen molar-refractivity contribution in [1.29, 1.82) is 0 Å². The molecule has 7 nitrogen and oxygen atoms in total. The molecule has 2 amide bonds. The van der Waals surface area contributed by atoms with Gasteiger partial charge in [0.1, 0.15) is 0 Å². The first-order valence-corrected chi connectivity index (χ1v) is 11.3. The Morgan fingerprint density at radius 1 is 1.25 bits per heavy atom. The fourth-order valence-electron chi connectivity index (χ4n) is 2.34. The molecule has 2 rings (SSSR count). The van der Waals surface area contributed by atoms with Crippen molar-refractivity contribution in [3.8, 4) is 0 Å². The SMILES string of the molecule is CSC(C)Cc1nc(SCC(=O)NCCc2ccccc2)n(C(=O)N(C)C)n1. The third-order valence-electron chi connectivity index (χ3n) is 3.97. The smallest absolute Gasteiger partial charge is 0.346 e. The van der Waals surface area contributed by atoms with Gasteiger partial charge in [-0.05, 0) is 18.2 Å². The Morgan fingerprint density at radius 2 is 1.96 bits per heavy atom. The second-order valence-electron chi connectivity index (χ2n) is 6.52. The summed E-state index contributed by atoms with van der Waals surface area (Å²) in [5.41, 5.74) is 1.18. The van der Waals surface area contributed by atoms with Gasteiger partial charge >= 0.3 is 6.03 Å². The van der Waals surface area contributed by atoms with E-state index in [1.54, 1.807) is 25.9 Å². The molecule has 0 saturated heterocycles. The molecule has 1 aromatic heterocycles. The molecule has 9 heteroatoms. The van der Waals surface area contributed by atoms with E-state index in [4.69, 9.17) is 0 Å². The zero-order chi connectivity index (χ0) is 20.5. The van der Waals surface area contributed by atoms with Gasteiger partial charge in [-0.1, -0.05) is 49.0 Å². The number of rotatable bonds is 9. The molecule has 2 aromatic rings. The molecule has 0 aliphatic carbocycles. The van der Waals surface area contributed by atoms with Crippen LogP contribution >= 0.6 is 23.5 Å². The fraction of sp³-hybridized carbons (Fsp3) is 0.474. The van der Waals surface area contributed by atoms with E-state index in [2.05, 4.69) is 22.3 Å². The van der Waals surface area contributed by atoms with Crippen molar-refractivity contribution in [2.75, 3.05) is 32.6 Å². The van der Waals surface area contributed by atoms with Gasteiger partial charge < -0.3 is 10.2 Å². The van der Waals surface area contributed by atoms with Crippen LogP contribution in [0.3, 0.4) is 0 Å². The summed E-state index contributed by atoms with van der Waals surface area (Å²) in [7, 11) is 3.33. The van der Waals surface area contributed by atoms with Crippen LogP contribution in [-0.2, 0) is 17.6 Å². The van der Waals surface area contributed by atoms with Crippen LogP contribution in [0.4, 0.5) is 4.79 Å². The lowest BCUT2D eigenvalue weighted by molar-refractivity contribution is -0.118. The maximum Gasteiger partial charge on any atom is 0.346 e. The van der Waals surface area contributed by atoms with Gasteiger partial charge in [0.2, 0.25) is 5.91 Å². The minimum Gasteiger partial charge on any atom is -0.355 e. The van der Waals surface area contributed by atoms with Gasteiger partial charge in [-0.25, -0.2) is 9.78 Å². The van der Waals surface area contributed by atoms with Crippen molar-refractivity contribution in [2.24, 2.45) is 0 Å². The van der Waals surface area contributed by atoms with Gasteiger partial charge in [-0.15, -0.1) is 5.10 Å². The molecular weight excluding hydrogens is 394 g/mol. The van der Waals surface area contributed by atoms with Crippen LogP contribution in [0, 0.1) is 0 Å². The van der Waals surface area contributed by atoms with Crippen LogP contribution in [0.15, 0.2) is 35.5 Å². The number of carbonyl (C=O) groups is 2. The van der Waals surface area contributed by atoms with Gasteiger partial charge in [0.05, 0.1) is 5.75 Å². The van der Waals surface area contributed by atoms with E-state index in [1.165, 1.54) is 26.9 Å². The lowest BCUT2D eigenvalue weighted by Gasteiger charge is -2.11. The summed E-state index contributed by atoms with van der Waals surface area (Å²) in [6.45, 7) is 2.66. The molecule has 0 bridgehead atoms. The molecule has 0 fully saturated rings. The Hall–Kier alpha value is -2.00. The molecule has 0 radical (unpaired) electrons. The van der Waals surface area contributed by atoms with Gasteiger partial charge in [0.15, 0.2) is 11.0 Å². The van der Waals surface area contributed by atoms with Crippen molar-refractivity contribution < 1.29 is 9.59 Å². The Labute approximate surface area is 174 Å². The number of hydrogen-bond donors (Lipinski definition) is 1. The lowest BCUT2D eigenvalue weighted by Crippen LogP contribution is -2.30. The summed E-state index contributed by atoms with van der Waals surface area (Å²) in [4.78, 5) is 30.5. The number of carbonyl (C=O) groups excluding carboxylic acids is 2. The molecule has 0 aliphatic rings. The summed E-state index contributed by atoms with van der Waals surface area (Å²) in [6, 6.07) is 9.73. The largest absolute Gasteiger partial charge is 0.355 e. The highest BCUT2D eigenvalue weighted by molar-refractivity contribution is 7.99. The number of amides is 2. The van der Waals surface area contributed by atoms with E-state index in [0.29, 0.717) is 29.2 Å². The van der Waals surface area contributed by atoms with E-state index < -0.39 is 0 Å². The van der Waals surface area contributed by atoms with Crippen molar-refractivity contribution in [3.05, 3.63) is 41.7 Å². The minimum atomic E-state index is -0.275. The standard InChI is InChI=1S/C19H27N5O2S2/c1-14(27-4)12-16-21-18(24(22-16)19(26)23(2)3)28-13-17(25)20-11-10-15-8-6-5-7-9-15/h5-9,14H,10-13H2,1-4H3,(H,20,25). The van der Waals surface area contributed by atoms with Crippen LogP contribution in [0.25, 0.3) is 0 Å². The van der Waals surface area contributed by atoms with Crippen LogP contribution in [-0.4, -0.2) is 69.5 Å². The molecule has 0 spiro atoms. The molecule has 0 aliphatic heterocycles. The number of benzene rings is 1. The van der Waals surface area contributed by atoms with Gasteiger partial charge in [0.25, 0.3) is 0 Å². The Morgan fingerprint density at radius 3 is 2.61 bits per heavy atom. The monoisotopic (exact) mass is 421 g/mol. The van der Waals surface area contributed by atoms with E-state index in [9.17, 15) is 9.59 Å². The number of nitrogens with zero attached hydrogens (tertiary/aromatic N) is 4. The molecule has 1 aromatic carbocycles. The summed E-state index contributed by atoms with van der Waals surface area (Å²) in [6.07, 6.45) is 3.48. The van der Waals surface area contributed by atoms with Crippen molar-refractivity contribution in [3.63, 3.8) is 0 Å². The maximum absolute atomic E-state index is 12.4. The topological polar surface area (TPSA) is 80.1 Å². The molecule has 152 valence electrons. The predicted octanol–water partition coefficient (Wildman–Crippen LogP) is 2.55. The Balaban J connectivity index is 1.93. The number of nitrogens with one attached hydrogen (secondary N) is 1. The summed E-state index contributed by atoms with van der Waals surface area (Å²) in [5, 5.41) is 8.05. The molecule has 1 heterocycles. The van der Waals surface area contributed by atoms with E-state index in [0.717, 1.165) is 6.42 Å².